The van der Waals surface area contributed by atoms with Crippen LogP contribution < -0.4 is 5.32 Å². The summed E-state index contributed by atoms with van der Waals surface area (Å²) in [6, 6.07) is 10.1. The highest BCUT2D eigenvalue weighted by atomic mass is 32.1. The molecule has 4 nitrogen and oxygen atoms in total. The van der Waals surface area contributed by atoms with E-state index in [1.807, 2.05) is 35.7 Å². The number of thiazole rings is 1. The second-order valence-electron chi connectivity index (χ2n) is 5.68. The number of carboxylic acids is 1. The van der Waals surface area contributed by atoms with Crippen LogP contribution in [0.15, 0.2) is 35.7 Å². The number of aliphatic carboxylic acids is 1. The molecule has 1 heterocycles. The predicted octanol–water partition coefficient (Wildman–Crippen LogP) is 3.87. The van der Waals surface area contributed by atoms with Crippen molar-refractivity contribution in [1.29, 1.82) is 0 Å². The van der Waals surface area contributed by atoms with Crippen LogP contribution in [0, 0.1) is 5.41 Å². The van der Waals surface area contributed by atoms with E-state index < -0.39 is 5.97 Å². The topological polar surface area (TPSA) is 62.2 Å². The standard InChI is InChI=1S/C16H18N2O2S/c19-14(20)9-16(7-4-8-16)11-17-15-18-13(10-21-15)12-5-2-1-3-6-12/h1-3,5-6,10H,4,7-9,11H2,(H,17,18)(H,19,20). The van der Waals surface area contributed by atoms with E-state index in [1.54, 1.807) is 11.3 Å². The summed E-state index contributed by atoms with van der Waals surface area (Å²) in [6.07, 6.45) is 3.35. The number of hydrogen-bond donors (Lipinski definition) is 2. The minimum absolute atomic E-state index is 0.0790. The second kappa shape index (κ2) is 5.85. The molecule has 5 heteroatoms. The highest BCUT2D eigenvalue weighted by Gasteiger charge is 2.38. The Morgan fingerprint density at radius 2 is 2.10 bits per heavy atom. The van der Waals surface area contributed by atoms with Crippen molar-refractivity contribution >= 4 is 22.4 Å². The Hall–Kier alpha value is -1.88. The molecule has 3 rings (SSSR count). The summed E-state index contributed by atoms with van der Waals surface area (Å²) in [7, 11) is 0. The van der Waals surface area contributed by atoms with E-state index >= 15 is 0 Å². The third-order valence-corrected chi connectivity index (χ3v) is 4.93. The average molecular weight is 302 g/mol. The van der Waals surface area contributed by atoms with Crippen LogP contribution in [-0.2, 0) is 4.79 Å². The SMILES string of the molecule is O=C(O)CC1(CNc2nc(-c3ccccc3)cs2)CCC1. The Bertz CT molecular complexity index is 620. The van der Waals surface area contributed by atoms with Crippen molar-refractivity contribution in [3.8, 4) is 11.3 Å². The predicted molar refractivity (Wildman–Crippen MR) is 84.6 cm³/mol. The molecule has 2 N–H and O–H groups in total. The third kappa shape index (κ3) is 3.24. The summed E-state index contributed by atoms with van der Waals surface area (Å²) in [5.41, 5.74) is 1.99. The molecule has 0 amide bonds. The van der Waals surface area contributed by atoms with Gasteiger partial charge in [-0.05, 0) is 18.3 Å². The maximum Gasteiger partial charge on any atom is 0.303 e. The lowest BCUT2D eigenvalue weighted by molar-refractivity contribution is -0.141. The third-order valence-electron chi connectivity index (χ3n) is 4.13. The van der Waals surface area contributed by atoms with E-state index in [0.717, 1.165) is 35.7 Å². The smallest absolute Gasteiger partial charge is 0.303 e. The van der Waals surface area contributed by atoms with Crippen molar-refractivity contribution in [2.75, 3.05) is 11.9 Å². The fourth-order valence-corrected chi connectivity index (χ4v) is 3.49. The van der Waals surface area contributed by atoms with Gasteiger partial charge < -0.3 is 10.4 Å². The monoisotopic (exact) mass is 302 g/mol. The Balaban J connectivity index is 1.64. The molecule has 1 aliphatic rings. The van der Waals surface area contributed by atoms with Gasteiger partial charge in [-0.15, -0.1) is 11.3 Å². The lowest BCUT2D eigenvalue weighted by atomic mass is 9.66. The first-order valence-electron chi connectivity index (χ1n) is 7.14. The Morgan fingerprint density at radius 3 is 2.71 bits per heavy atom. The Kier molecular flexibility index (Phi) is 3.92. The number of nitrogens with one attached hydrogen (secondary N) is 1. The van der Waals surface area contributed by atoms with Gasteiger partial charge in [-0.3, -0.25) is 4.79 Å². The lowest BCUT2D eigenvalue weighted by Gasteiger charge is -2.40. The molecule has 0 saturated heterocycles. The molecule has 0 unspecified atom stereocenters. The van der Waals surface area contributed by atoms with E-state index in [-0.39, 0.29) is 11.8 Å². The molecule has 1 aliphatic carbocycles. The molecule has 0 spiro atoms. The molecule has 0 radical (unpaired) electrons. The molecule has 0 bridgehead atoms. The zero-order chi connectivity index (χ0) is 14.7. The number of carbonyl (C=O) groups is 1. The summed E-state index contributed by atoms with van der Waals surface area (Å²) >= 11 is 1.57. The van der Waals surface area contributed by atoms with Crippen LogP contribution in [0.1, 0.15) is 25.7 Å². The molecule has 110 valence electrons. The zero-order valence-corrected chi connectivity index (χ0v) is 12.5. The van der Waals surface area contributed by atoms with E-state index in [4.69, 9.17) is 5.11 Å². The maximum atomic E-state index is 11.0. The maximum absolute atomic E-state index is 11.0. The van der Waals surface area contributed by atoms with E-state index in [0.29, 0.717) is 6.54 Å². The average Bonchev–Trinajstić information content (AvgIpc) is 2.91. The number of benzene rings is 1. The molecule has 1 aromatic heterocycles. The van der Waals surface area contributed by atoms with Gasteiger partial charge in [0.2, 0.25) is 0 Å². The summed E-state index contributed by atoms with van der Waals surface area (Å²) in [5, 5.41) is 15.2. The molecule has 1 saturated carbocycles. The number of anilines is 1. The van der Waals surface area contributed by atoms with Gasteiger partial charge in [0.25, 0.3) is 0 Å². The first-order valence-corrected chi connectivity index (χ1v) is 8.02. The first kappa shape index (κ1) is 14.1. The van der Waals surface area contributed by atoms with Crippen LogP contribution in [0.5, 0.6) is 0 Å². The molecule has 0 atom stereocenters. The zero-order valence-electron chi connectivity index (χ0n) is 11.7. The molecule has 1 fully saturated rings. The molecule has 2 aromatic rings. The minimum Gasteiger partial charge on any atom is -0.481 e. The second-order valence-corrected chi connectivity index (χ2v) is 6.54. The van der Waals surface area contributed by atoms with Crippen LogP contribution in [0.25, 0.3) is 11.3 Å². The quantitative estimate of drug-likeness (QED) is 0.850. The van der Waals surface area contributed by atoms with Gasteiger partial charge in [-0.2, -0.15) is 0 Å². The largest absolute Gasteiger partial charge is 0.481 e. The van der Waals surface area contributed by atoms with E-state index in [1.165, 1.54) is 0 Å². The number of carboxylic acid groups (broad SMARTS) is 1. The van der Waals surface area contributed by atoms with Crippen LogP contribution in [-0.4, -0.2) is 22.6 Å². The minimum atomic E-state index is -0.708. The van der Waals surface area contributed by atoms with Gasteiger partial charge in [0.15, 0.2) is 5.13 Å². The molecular weight excluding hydrogens is 284 g/mol. The molecule has 1 aromatic carbocycles. The summed E-state index contributed by atoms with van der Waals surface area (Å²) in [4.78, 5) is 15.5. The van der Waals surface area contributed by atoms with Crippen molar-refractivity contribution < 1.29 is 9.90 Å². The van der Waals surface area contributed by atoms with Gasteiger partial charge in [-0.25, -0.2) is 4.98 Å². The highest BCUT2D eigenvalue weighted by Crippen LogP contribution is 2.44. The van der Waals surface area contributed by atoms with Crippen LogP contribution in [0.3, 0.4) is 0 Å². The Labute approximate surface area is 127 Å². The van der Waals surface area contributed by atoms with Gasteiger partial charge in [0.1, 0.15) is 0 Å². The number of rotatable bonds is 6. The van der Waals surface area contributed by atoms with Gasteiger partial charge >= 0.3 is 5.97 Å². The summed E-state index contributed by atoms with van der Waals surface area (Å²) in [5.74, 6) is -0.708. The van der Waals surface area contributed by atoms with Crippen LogP contribution in [0.4, 0.5) is 5.13 Å². The normalized spacial score (nSPS) is 16.2. The lowest BCUT2D eigenvalue weighted by Crippen LogP contribution is -2.38. The molecule has 0 aliphatic heterocycles. The van der Waals surface area contributed by atoms with Gasteiger partial charge in [-0.1, -0.05) is 36.8 Å². The van der Waals surface area contributed by atoms with Crippen LogP contribution >= 0.6 is 11.3 Å². The van der Waals surface area contributed by atoms with Crippen molar-refractivity contribution in [1.82, 2.24) is 4.98 Å². The number of aromatic nitrogens is 1. The van der Waals surface area contributed by atoms with Crippen LogP contribution in [0.2, 0.25) is 0 Å². The fraction of sp³-hybridized carbons (Fsp3) is 0.375. The number of nitrogens with zero attached hydrogens (tertiary/aromatic N) is 1. The van der Waals surface area contributed by atoms with Gasteiger partial charge in [0, 0.05) is 17.5 Å². The van der Waals surface area contributed by atoms with Gasteiger partial charge in [0.05, 0.1) is 12.1 Å². The van der Waals surface area contributed by atoms with E-state index in [9.17, 15) is 4.79 Å². The number of hydrogen-bond acceptors (Lipinski definition) is 4. The van der Waals surface area contributed by atoms with Crippen molar-refractivity contribution in [2.24, 2.45) is 5.41 Å². The summed E-state index contributed by atoms with van der Waals surface area (Å²) < 4.78 is 0. The first-order chi connectivity index (χ1) is 10.2. The summed E-state index contributed by atoms with van der Waals surface area (Å²) in [6.45, 7) is 0.695. The van der Waals surface area contributed by atoms with Crippen molar-refractivity contribution in [2.45, 2.75) is 25.7 Å². The Morgan fingerprint density at radius 1 is 1.33 bits per heavy atom. The fourth-order valence-electron chi connectivity index (χ4n) is 2.77. The molecule has 21 heavy (non-hydrogen) atoms. The van der Waals surface area contributed by atoms with E-state index in [2.05, 4.69) is 10.3 Å². The molecular formula is C16H18N2O2S. The highest BCUT2D eigenvalue weighted by molar-refractivity contribution is 7.14. The van der Waals surface area contributed by atoms with Crippen molar-refractivity contribution in [3.05, 3.63) is 35.7 Å². The van der Waals surface area contributed by atoms with Crippen molar-refractivity contribution in [3.63, 3.8) is 0 Å².